The van der Waals surface area contributed by atoms with E-state index in [1.54, 1.807) is 19.2 Å². The molecule has 0 saturated heterocycles. The Labute approximate surface area is 178 Å². The first-order chi connectivity index (χ1) is 14.9. The lowest BCUT2D eigenvalue weighted by Gasteiger charge is -2.10. The number of rotatable bonds is 5. The number of carbonyl (C=O) groups excluding carboxylic acids is 1. The van der Waals surface area contributed by atoms with Gasteiger partial charge >= 0.3 is 5.69 Å². The molecular formula is C23H23N5O3. The number of aromatic nitrogens is 4. The summed E-state index contributed by atoms with van der Waals surface area (Å²) in [5.41, 5.74) is 9.40. The fourth-order valence-electron chi connectivity index (χ4n) is 3.67. The van der Waals surface area contributed by atoms with Crippen molar-refractivity contribution < 1.29 is 9.53 Å². The molecule has 2 heterocycles. The molecule has 0 aliphatic rings. The lowest BCUT2D eigenvalue weighted by Crippen LogP contribution is -2.23. The van der Waals surface area contributed by atoms with E-state index in [-0.39, 0.29) is 17.2 Å². The minimum absolute atomic E-state index is 0.00700. The summed E-state index contributed by atoms with van der Waals surface area (Å²) in [5, 5.41) is 0. The van der Waals surface area contributed by atoms with Crippen LogP contribution in [0.3, 0.4) is 0 Å². The zero-order valence-electron chi connectivity index (χ0n) is 17.8. The summed E-state index contributed by atoms with van der Waals surface area (Å²) in [6.45, 7) is 6.15. The molecule has 1 amide bonds. The number of benzene rings is 2. The van der Waals surface area contributed by atoms with Gasteiger partial charge in [0.1, 0.15) is 11.3 Å². The van der Waals surface area contributed by atoms with E-state index in [4.69, 9.17) is 15.5 Å². The number of hydrogen-bond acceptors (Lipinski definition) is 5. The lowest BCUT2D eigenvalue weighted by molar-refractivity contribution is 0.0997. The van der Waals surface area contributed by atoms with E-state index in [1.807, 2.05) is 51.1 Å². The second-order valence-electron chi connectivity index (χ2n) is 7.26. The van der Waals surface area contributed by atoms with Crippen LogP contribution in [0.25, 0.3) is 28.2 Å². The van der Waals surface area contributed by atoms with Gasteiger partial charge in [-0.05, 0) is 56.2 Å². The molecule has 0 aliphatic carbocycles. The first-order valence-electron chi connectivity index (χ1n) is 9.91. The molecule has 158 valence electrons. The van der Waals surface area contributed by atoms with Crippen LogP contribution >= 0.6 is 0 Å². The molecule has 0 atom stereocenters. The van der Waals surface area contributed by atoms with Crippen molar-refractivity contribution in [3.05, 3.63) is 69.8 Å². The molecule has 31 heavy (non-hydrogen) atoms. The Balaban J connectivity index is 2.15. The van der Waals surface area contributed by atoms with E-state index in [2.05, 4.69) is 4.98 Å². The second-order valence-corrected chi connectivity index (χ2v) is 7.26. The number of nitrogens with zero attached hydrogens (tertiary/aromatic N) is 4. The van der Waals surface area contributed by atoms with E-state index in [0.717, 1.165) is 11.1 Å². The van der Waals surface area contributed by atoms with Crippen molar-refractivity contribution in [1.29, 1.82) is 0 Å². The highest BCUT2D eigenvalue weighted by Crippen LogP contribution is 2.29. The van der Waals surface area contributed by atoms with Gasteiger partial charge in [-0.2, -0.15) is 0 Å². The van der Waals surface area contributed by atoms with Gasteiger partial charge in [0.15, 0.2) is 17.2 Å². The number of amides is 1. The number of nitrogens with two attached hydrogens (primary N) is 1. The highest BCUT2D eigenvalue weighted by atomic mass is 16.5. The summed E-state index contributed by atoms with van der Waals surface area (Å²) >= 11 is 0. The van der Waals surface area contributed by atoms with Crippen LogP contribution < -0.4 is 16.2 Å². The zero-order valence-corrected chi connectivity index (χ0v) is 17.8. The van der Waals surface area contributed by atoms with Crippen molar-refractivity contribution in [3.8, 4) is 22.8 Å². The van der Waals surface area contributed by atoms with Crippen LogP contribution in [0.1, 0.15) is 28.5 Å². The van der Waals surface area contributed by atoms with Crippen molar-refractivity contribution in [2.75, 3.05) is 7.11 Å². The topological polar surface area (TPSA) is 105 Å². The number of fused-ring (bicyclic) bond motifs is 1. The van der Waals surface area contributed by atoms with E-state index in [9.17, 15) is 9.59 Å². The summed E-state index contributed by atoms with van der Waals surface area (Å²) < 4.78 is 8.40. The van der Waals surface area contributed by atoms with Gasteiger partial charge in [-0.3, -0.25) is 9.36 Å². The van der Waals surface area contributed by atoms with Gasteiger partial charge in [-0.25, -0.2) is 19.3 Å². The average molecular weight is 417 g/mol. The summed E-state index contributed by atoms with van der Waals surface area (Å²) in [7, 11) is 1.55. The lowest BCUT2D eigenvalue weighted by atomic mass is 10.1. The highest BCUT2D eigenvalue weighted by molar-refractivity contribution is 6.02. The Morgan fingerprint density at radius 1 is 1.10 bits per heavy atom. The molecule has 4 aromatic rings. The van der Waals surface area contributed by atoms with Crippen LogP contribution in [0, 0.1) is 13.8 Å². The first kappa shape index (κ1) is 20.3. The predicted molar refractivity (Wildman–Crippen MR) is 119 cm³/mol. The van der Waals surface area contributed by atoms with Gasteiger partial charge in [0.05, 0.1) is 18.4 Å². The van der Waals surface area contributed by atoms with Gasteiger partial charge in [0, 0.05) is 6.54 Å². The third-order valence-corrected chi connectivity index (χ3v) is 5.42. The van der Waals surface area contributed by atoms with Crippen LogP contribution in [0.15, 0.2) is 47.3 Å². The molecule has 0 aliphatic heterocycles. The maximum Gasteiger partial charge on any atom is 0.335 e. The minimum Gasteiger partial charge on any atom is -0.496 e. The molecule has 0 bridgehead atoms. The van der Waals surface area contributed by atoms with E-state index >= 15 is 0 Å². The molecule has 2 aromatic carbocycles. The smallest absolute Gasteiger partial charge is 0.335 e. The van der Waals surface area contributed by atoms with Crippen LogP contribution in [-0.4, -0.2) is 32.1 Å². The van der Waals surface area contributed by atoms with Gasteiger partial charge in [-0.1, -0.05) is 18.2 Å². The Morgan fingerprint density at radius 3 is 2.48 bits per heavy atom. The van der Waals surface area contributed by atoms with Crippen LogP contribution in [0.4, 0.5) is 0 Å². The number of para-hydroxylation sites is 1. The van der Waals surface area contributed by atoms with Gasteiger partial charge in [0.2, 0.25) is 0 Å². The number of ether oxygens (including phenoxy) is 1. The van der Waals surface area contributed by atoms with E-state index in [0.29, 0.717) is 34.7 Å². The molecule has 0 saturated carbocycles. The van der Waals surface area contributed by atoms with Crippen molar-refractivity contribution in [3.63, 3.8) is 0 Å². The largest absolute Gasteiger partial charge is 0.496 e. The van der Waals surface area contributed by atoms with Crippen LogP contribution in [-0.2, 0) is 6.54 Å². The summed E-state index contributed by atoms with van der Waals surface area (Å²) in [6, 6.07) is 12.9. The quantitative estimate of drug-likeness (QED) is 0.537. The standard InChI is InChI=1S/C23H23N5O3/c1-5-27-19-18(20(24)29)25-21(16-8-6-7-9-17(16)31-4)26-22(19)28(23(27)30)15-11-10-13(2)14(3)12-15/h6-12H,5H2,1-4H3,(H2,24,29). The maximum atomic E-state index is 13.3. The predicted octanol–water partition coefficient (Wildman–Crippen LogP) is 2.99. The Morgan fingerprint density at radius 2 is 1.84 bits per heavy atom. The second kappa shape index (κ2) is 7.71. The van der Waals surface area contributed by atoms with Crippen molar-refractivity contribution in [1.82, 2.24) is 19.1 Å². The highest BCUT2D eigenvalue weighted by Gasteiger charge is 2.24. The number of primary amides is 1. The first-order valence-corrected chi connectivity index (χ1v) is 9.91. The third kappa shape index (κ3) is 3.26. The monoisotopic (exact) mass is 417 g/mol. The maximum absolute atomic E-state index is 13.3. The van der Waals surface area contributed by atoms with E-state index < -0.39 is 5.91 Å². The minimum atomic E-state index is -0.733. The molecule has 2 N–H and O–H groups in total. The molecule has 8 heteroatoms. The third-order valence-electron chi connectivity index (χ3n) is 5.42. The molecule has 4 rings (SSSR count). The number of imidazole rings is 1. The summed E-state index contributed by atoms with van der Waals surface area (Å²) in [5.74, 6) is 0.0693. The number of carbonyl (C=O) groups is 1. The van der Waals surface area contributed by atoms with Gasteiger partial charge in [-0.15, -0.1) is 0 Å². The summed E-state index contributed by atoms with van der Waals surface area (Å²) in [4.78, 5) is 34.8. The van der Waals surface area contributed by atoms with Crippen molar-refractivity contribution in [2.45, 2.75) is 27.3 Å². The molecule has 0 fully saturated rings. The molecule has 2 aromatic heterocycles. The number of aryl methyl sites for hydroxylation is 3. The molecular weight excluding hydrogens is 394 g/mol. The SMILES string of the molecule is CCn1c(=O)n(-c2ccc(C)c(C)c2)c2nc(-c3ccccc3OC)nc(C(N)=O)c21. The van der Waals surface area contributed by atoms with Crippen molar-refractivity contribution in [2.24, 2.45) is 5.73 Å². The Kier molecular flexibility index (Phi) is 5.06. The van der Waals surface area contributed by atoms with Crippen LogP contribution in [0.2, 0.25) is 0 Å². The molecule has 0 unspecified atom stereocenters. The Hall–Kier alpha value is -3.94. The normalized spacial score (nSPS) is 11.1. The van der Waals surface area contributed by atoms with E-state index in [1.165, 1.54) is 9.13 Å². The fraction of sp³-hybridized carbons (Fsp3) is 0.217. The van der Waals surface area contributed by atoms with Crippen LogP contribution in [0.5, 0.6) is 5.75 Å². The zero-order chi connectivity index (χ0) is 22.3. The Bertz CT molecular complexity index is 1380. The fourth-order valence-corrected chi connectivity index (χ4v) is 3.67. The van der Waals surface area contributed by atoms with Gasteiger partial charge < -0.3 is 10.5 Å². The number of methoxy groups -OCH3 is 1. The molecule has 0 spiro atoms. The summed E-state index contributed by atoms with van der Waals surface area (Å²) in [6.07, 6.45) is 0. The average Bonchev–Trinajstić information content (AvgIpc) is 3.05. The molecule has 0 radical (unpaired) electrons. The van der Waals surface area contributed by atoms with Crippen molar-refractivity contribution >= 4 is 17.1 Å². The molecule has 8 nitrogen and oxygen atoms in total. The number of hydrogen-bond donors (Lipinski definition) is 1. The van der Waals surface area contributed by atoms with Gasteiger partial charge in [0.25, 0.3) is 5.91 Å².